The zero-order valence-electron chi connectivity index (χ0n) is 11.0. The lowest BCUT2D eigenvalue weighted by molar-refractivity contribution is -0.256. The quantitative estimate of drug-likeness (QED) is 0.792. The molecule has 0 aliphatic heterocycles. The van der Waals surface area contributed by atoms with Gasteiger partial charge in [0.15, 0.2) is 5.60 Å². The van der Waals surface area contributed by atoms with Crippen molar-refractivity contribution in [2.75, 3.05) is 11.9 Å². The molecule has 1 aromatic heterocycles. The zero-order chi connectivity index (χ0) is 14.8. The molecule has 0 fully saturated rings. The van der Waals surface area contributed by atoms with Crippen LogP contribution in [0.25, 0.3) is 10.9 Å². The van der Waals surface area contributed by atoms with Gasteiger partial charge in [-0.05, 0) is 18.6 Å². The predicted molar refractivity (Wildman–Crippen MR) is 70.5 cm³/mol. The molecule has 0 saturated carbocycles. The molecule has 0 radical (unpaired) electrons. The number of hydrogen-bond donors (Lipinski definition) is 3. The van der Waals surface area contributed by atoms with Crippen molar-refractivity contribution in [3.8, 4) is 0 Å². The molecule has 1 atom stereocenters. The van der Waals surface area contributed by atoms with E-state index in [1.807, 2.05) is 0 Å². The third-order valence-electron chi connectivity index (χ3n) is 3.25. The number of nitrogens with zero attached hydrogens (tertiary/aromatic N) is 1. The van der Waals surface area contributed by atoms with Gasteiger partial charge < -0.3 is 10.4 Å². The molecule has 0 bridgehead atoms. The fourth-order valence-electron chi connectivity index (χ4n) is 2.11. The van der Waals surface area contributed by atoms with Gasteiger partial charge in [0.2, 0.25) is 0 Å². The van der Waals surface area contributed by atoms with Crippen LogP contribution in [0.2, 0.25) is 0 Å². The van der Waals surface area contributed by atoms with Crippen LogP contribution in [-0.2, 0) is 0 Å². The molecule has 4 nitrogen and oxygen atoms in total. The van der Waals surface area contributed by atoms with Crippen LogP contribution < -0.4 is 5.32 Å². The molecule has 7 heteroatoms. The van der Waals surface area contributed by atoms with Gasteiger partial charge in [0.1, 0.15) is 0 Å². The first-order valence-electron chi connectivity index (χ1n) is 6.32. The van der Waals surface area contributed by atoms with Gasteiger partial charge in [0, 0.05) is 11.1 Å². The fraction of sp³-hybridized carbons (Fsp3) is 0.462. The number of fused-ring (bicyclic) bond motifs is 1. The van der Waals surface area contributed by atoms with E-state index in [2.05, 4.69) is 15.5 Å². The number of aromatic nitrogens is 2. The van der Waals surface area contributed by atoms with E-state index in [0.717, 1.165) is 5.52 Å². The number of H-pyrrole nitrogens is 1. The maximum Gasteiger partial charge on any atom is 0.418 e. The normalized spacial score (nSPS) is 15.2. The molecule has 2 aromatic rings. The van der Waals surface area contributed by atoms with Crippen molar-refractivity contribution in [3.05, 3.63) is 24.4 Å². The molecule has 0 saturated heterocycles. The van der Waals surface area contributed by atoms with Gasteiger partial charge in [-0.2, -0.15) is 18.3 Å². The van der Waals surface area contributed by atoms with Crippen molar-refractivity contribution >= 4 is 16.6 Å². The fourth-order valence-corrected chi connectivity index (χ4v) is 2.11. The van der Waals surface area contributed by atoms with Crippen LogP contribution in [0, 0.1) is 0 Å². The Bertz CT molecular complexity index is 581. The van der Waals surface area contributed by atoms with Crippen LogP contribution in [-0.4, -0.2) is 33.6 Å². The summed E-state index contributed by atoms with van der Waals surface area (Å²) in [7, 11) is 0. The summed E-state index contributed by atoms with van der Waals surface area (Å²) in [6.45, 7) is 1.02. The summed E-state index contributed by atoms with van der Waals surface area (Å²) in [5.74, 6) is 0. The van der Waals surface area contributed by atoms with E-state index in [4.69, 9.17) is 0 Å². The summed E-state index contributed by atoms with van der Waals surface area (Å²) in [6.07, 6.45) is -3.23. The Morgan fingerprint density at radius 1 is 1.35 bits per heavy atom. The monoisotopic (exact) mass is 287 g/mol. The molecular weight excluding hydrogens is 271 g/mol. The maximum atomic E-state index is 12.9. The van der Waals surface area contributed by atoms with E-state index in [-0.39, 0.29) is 12.8 Å². The van der Waals surface area contributed by atoms with E-state index in [1.54, 1.807) is 25.1 Å². The Morgan fingerprint density at radius 2 is 2.10 bits per heavy atom. The van der Waals surface area contributed by atoms with Crippen LogP contribution in [0.5, 0.6) is 0 Å². The highest BCUT2D eigenvalue weighted by molar-refractivity contribution is 5.90. The minimum atomic E-state index is -4.67. The average molecular weight is 287 g/mol. The van der Waals surface area contributed by atoms with Gasteiger partial charge >= 0.3 is 6.18 Å². The van der Waals surface area contributed by atoms with Crippen LogP contribution in [0.1, 0.15) is 19.8 Å². The molecule has 20 heavy (non-hydrogen) atoms. The zero-order valence-corrected chi connectivity index (χ0v) is 11.0. The molecule has 0 aliphatic carbocycles. The van der Waals surface area contributed by atoms with Gasteiger partial charge in [-0.1, -0.05) is 19.4 Å². The second-order valence-electron chi connectivity index (χ2n) is 4.77. The van der Waals surface area contributed by atoms with Crippen molar-refractivity contribution in [1.82, 2.24) is 10.2 Å². The van der Waals surface area contributed by atoms with Crippen LogP contribution in [0.4, 0.5) is 18.9 Å². The van der Waals surface area contributed by atoms with Crippen molar-refractivity contribution in [2.24, 2.45) is 0 Å². The van der Waals surface area contributed by atoms with E-state index in [0.29, 0.717) is 11.1 Å². The molecular formula is C13H16F3N3O. The highest BCUT2D eigenvalue weighted by Crippen LogP contribution is 2.34. The van der Waals surface area contributed by atoms with Crippen LogP contribution in [0.15, 0.2) is 24.4 Å². The number of anilines is 1. The molecule has 1 aromatic carbocycles. The van der Waals surface area contributed by atoms with Gasteiger partial charge in [-0.15, -0.1) is 0 Å². The topological polar surface area (TPSA) is 60.9 Å². The number of halogens is 3. The summed E-state index contributed by atoms with van der Waals surface area (Å²) in [6, 6.07) is 5.13. The number of aromatic amines is 1. The van der Waals surface area contributed by atoms with Gasteiger partial charge in [0.25, 0.3) is 0 Å². The predicted octanol–water partition coefficient (Wildman–Crippen LogP) is 3.07. The highest BCUT2D eigenvalue weighted by Gasteiger charge is 2.52. The first kappa shape index (κ1) is 14.6. The van der Waals surface area contributed by atoms with Gasteiger partial charge in [-0.25, -0.2) is 0 Å². The first-order valence-corrected chi connectivity index (χ1v) is 6.32. The lowest BCUT2D eigenvalue weighted by Gasteiger charge is -2.30. The highest BCUT2D eigenvalue weighted by atomic mass is 19.4. The molecule has 0 aliphatic rings. The minimum Gasteiger partial charge on any atom is -0.381 e. The summed E-state index contributed by atoms with van der Waals surface area (Å²) >= 11 is 0. The number of hydrogen-bond acceptors (Lipinski definition) is 3. The maximum absolute atomic E-state index is 12.9. The molecule has 0 spiro atoms. The molecule has 110 valence electrons. The lowest BCUT2D eigenvalue weighted by atomic mass is 9.97. The molecule has 0 amide bonds. The number of aliphatic hydroxyl groups is 1. The summed E-state index contributed by atoms with van der Waals surface area (Å²) < 4.78 is 38.8. The van der Waals surface area contributed by atoms with Gasteiger partial charge in [-0.3, -0.25) is 5.10 Å². The Morgan fingerprint density at radius 3 is 2.75 bits per heavy atom. The third kappa shape index (κ3) is 2.72. The second kappa shape index (κ2) is 5.32. The minimum absolute atomic E-state index is 0.244. The van der Waals surface area contributed by atoms with E-state index >= 15 is 0 Å². The van der Waals surface area contributed by atoms with Crippen LogP contribution in [0.3, 0.4) is 0 Å². The van der Waals surface area contributed by atoms with E-state index in [1.165, 1.54) is 6.20 Å². The lowest BCUT2D eigenvalue weighted by Crippen LogP contribution is -2.50. The number of rotatable bonds is 5. The second-order valence-corrected chi connectivity index (χ2v) is 4.77. The third-order valence-corrected chi connectivity index (χ3v) is 3.25. The summed E-state index contributed by atoms with van der Waals surface area (Å²) in [5.41, 5.74) is -1.50. The summed E-state index contributed by atoms with van der Waals surface area (Å²) in [5, 5.41) is 19.8. The molecule has 3 N–H and O–H groups in total. The largest absolute Gasteiger partial charge is 0.418 e. The number of nitrogens with one attached hydrogen (secondary N) is 2. The standard InChI is InChI=1S/C13H16F3N3O/c1-2-6-12(20,13(14,15)16)8-17-10-4-3-5-11-9(10)7-18-19-11/h3-5,7,17,20H,2,6,8H2,1H3,(H,18,19). The molecule has 1 unspecified atom stereocenters. The van der Waals surface area contributed by atoms with Crippen molar-refractivity contribution in [2.45, 2.75) is 31.5 Å². The van der Waals surface area contributed by atoms with E-state index < -0.39 is 18.3 Å². The van der Waals surface area contributed by atoms with Crippen molar-refractivity contribution < 1.29 is 18.3 Å². The number of benzene rings is 1. The first-order chi connectivity index (χ1) is 9.37. The Balaban J connectivity index is 2.19. The molecule has 1 heterocycles. The Hall–Kier alpha value is -1.76. The van der Waals surface area contributed by atoms with E-state index in [9.17, 15) is 18.3 Å². The Kier molecular flexibility index (Phi) is 3.89. The molecule has 2 rings (SSSR count). The summed E-state index contributed by atoms with van der Waals surface area (Å²) in [4.78, 5) is 0. The smallest absolute Gasteiger partial charge is 0.381 e. The van der Waals surface area contributed by atoms with Crippen molar-refractivity contribution in [1.29, 1.82) is 0 Å². The van der Waals surface area contributed by atoms with Crippen molar-refractivity contribution in [3.63, 3.8) is 0 Å². The Labute approximate surface area is 114 Å². The average Bonchev–Trinajstić information content (AvgIpc) is 2.84. The van der Waals surface area contributed by atoms with Gasteiger partial charge in [0.05, 0.1) is 18.3 Å². The van der Waals surface area contributed by atoms with Crippen LogP contribution >= 0.6 is 0 Å². The SMILES string of the molecule is CCCC(O)(CNc1cccc2[nH]ncc12)C(F)(F)F. The number of alkyl halides is 3.